The number of nitrogens with zero attached hydrogens (tertiary/aromatic N) is 1. The fourth-order valence-corrected chi connectivity index (χ4v) is 1.55. The van der Waals surface area contributed by atoms with E-state index in [-0.39, 0.29) is 5.36 Å². The lowest BCUT2D eigenvalue weighted by molar-refractivity contribution is 0.337. The molecule has 7 heteroatoms. The van der Waals surface area contributed by atoms with Crippen molar-refractivity contribution in [2.24, 2.45) is 4.76 Å². The summed E-state index contributed by atoms with van der Waals surface area (Å²) in [5, 5.41) is -0.282. The maximum Gasteiger partial charge on any atom is 0.367 e. The van der Waals surface area contributed by atoms with Crippen LogP contribution in [-0.2, 0) is 9.30 Å². The number of hydrogen-bond acceptors (Lipinski definition) is 2. The van der Waals surface area contributed by atoms with E-state index in [1.807, 2.05) is 0 Å². The Morgan fingerprint density at radius 3 is 2.50 bits per heavy atom. The molecule has 60 valence electrons. The van der Waals surface area contributed by atoms with E-state index in [1.54, 1.807) is 6.92 Å². The van der Waals surface area contributed by atoms with Gasteiger partial charge in [0.2, 0.25) is 0 Å². The van der Waals surface area contributed by atoms with Crippen LogP contribution in [0.25, 0.3) is 0 Å². The zero-order chi connectivity index (χ0) is 8.20. The Morgan fingerprint density at radius 1 is 1.70 bits per heavy atom. The van der Waals surface area contributed by atoms with Gasteiger partial charge in [-0.2, -0.15) is 4.76 Å². The maximum atomic E-state index is 10.5. The van der Waals surface area contributed by atoms with E-state index in [0.717, 1.165) is 0 Å². The predicted octanol–water partition coefficient (Wildman–Crippen LogP) is 3.20. The highest BCUT2D eigenvalue weighted by Gasteiger charge is 2.12. The van der Waals surface area contributed by atoms with Crippen molar-refractivity contribution >= 4 is 45.4 Å². The van der Waals surface area contributed by atoms with E-state index in [4.69, 9.17) is 34.1 Å². The molecule has 0 aromatic rings. The molecule has 0 aliphatic carbocycles. The number of halogens is 3. The fourth-order valence-electron chi connectivity index (χ4n) is 0.240. The first kappa shape index (κ1) is 10.6. The first-order chi connectivity index (χ1) is 4.45. The molecule has 3 nitrogen and oxygen atoms in total. The van der Waals surface area contributed by atoms with Crippen molar-refractivity contribution in [3.63, 3.8) is 0 Å². The topological polar surface area (TPSA) is 38.7 Å². The lowest BCUT2D eigenvalue weighted by atomic mass is 10.9. The van der Waals surface area contributed by atoms with Gasteiger partial charge in [0, 0.05) is 0 Å². The molecule has 0 saturated heterocycles. The Morgan fingerprint density at radius 2 is 2.20 bits per heavy atom. The van der Waals surface area contributed by atoms with Gasteiger partial charge in [0.1, 0.15) is 0 Å². The maximum absolute atomic E-state index is 10.5. The summed E-state index contributed by atoms with van der Waals surface area (Å²) < 4.78 is 18.2. The summed E-state index contributed by atoms with van der Waals surface area (Å²) in [5.41, 5.74) is 0. The van der Waals surface area contributed by atoms with E-state index in [1.165, 1.54) is 0 Å². The molecule has 0 atom stereocenters. The van der Waals surface area contributed by atoms with Crippen LogP contribution in [0.4, 0.5) is 0 Å². The van der Waals surface area contributed by atoms with Crippen LogP contribution in [-0.4, -0.2) is 12.0 Å². The molecule has 0 aromatic heterocycles. The summed E-state index contributed by atoms with van der Waals surface area (Å²) in [4.78, 5) is 0. The second kappa shape index (κ2) is 4.45. The summed E-state index contributed by atoms with van der Waals surface area (Å²) in [6, 6.07) is 0. The van der Waals surface area contributed by atoms with Crippen molar-refractivity contribution in [3.8, 4) is 0 Å². The Balaban J connectivity index is 4.04. The molecule has 0 amide bonds. The van der Waals surface area contributed by atoms with E-state index >= 15 is 0 Å². The third kappa shape index (κ3) is 6.69. The Bertz CT molecular complexity index is 177. The van der Waals surface area contributed by atoms with Gasteiger partial charge in [-0.25, -0.2) is 0 Å². The third-order valence-electron chi connectivity index (χ3n) is 0.458. The SMILES string of the molecule is CCO/C(Cl)=N\P(=O)(Cl)Cl. The Kier molecular flexibility index (Phi) is 4.70. The molecule has 0 radical (unpaired) electrons. The van der Waals surface area contributed by atoms with E-state index < -0.39 is 6.00 Å². The molecule has 0 rings (SSSR count). The van der Waals surface area contributed by atoms with Gasteiger partial charge in [0.15, 0.2) is 0 Å². The van der Waals surface area contributed by atoms with Crippen molar-refractivity contribution < 1.29 is 9.30 Å². The molecule has 0 bridgehead atoms. The molecule has 0 unspecified atom stereocenters. The highest BCUT2D eigenvalue weighted by molar-refractivity contribution is 8.07. The van der Waals surface area contributed by atoms with Gasteiger partial charge in [-0.1, -0.05) is 0 Å². The van der Waals surface area contributed by atoms with Crippen molar-refractivity contribution in [1.29, 1.82) is 0 Å². The predicted molar refractivity (Wildman–Crippen MR) is 44.2 cm³/mol. The quantitative estimate of drug-likeness (QED) is 0.410. The minimum Gasteiger partial charge on any atom is -0.469 e. The Labute approximate surface area is 73.3 Å². The van der Waals surface area contributed by atoms with Crippen LogP contribution in [0.3, 0.4) is 0 Å². The van der Waals surface area contributed by atoms with Crippen LogP contribution in [0, 0.1) is 0 Å². The molecule has 0 N–H and O–H groups in total. The summed E-state index contributed by atoms with van der Waals surface area (Å²) in [6.45, 7) is 2.03. The second-order valence-corrected chi connectivity index (χ2v) is 5.88. The minimum atomic E-state index is -3.48. The third-order valence-corrected chi connectivity index (χ3v) is 1.64. The minimum absolute atomic E-state index is 0.282. The van der Waals surface area contributed by atoms with E-state index in [9.17, 15) is 4.57 Å². The molecule has 10 heavy (non-hydrogen) atoms. The molecular formula is C3H5Cl3NO2P. The normalized spacial score (nSPS) is 13.4. The average Bonchev–Trinajstić information content (AvgIpc) is 1.59. The monoisotopic (exact) mass is 223 g/mol. The van der Waals surface area contributed by atoms with Crippen molar-refractivity contribution in [3.05, 3.63) is 0 Å². The summed E-state index contributed by atoms with van der Waals surface area (Å²) in [7, 11) is 0. The van der Waals surface area contributed by atoms with Crippen molar-refractivity contribution in [2.75, 3.05) is 6.61 Å². The number of ether oxygens (including phenoxy) is 1. The smallest absolute Gasteiger partial charge is 0.367 e. The molecule has 0 aromatic carbocycles. The van der Waals surface area contributed by atoms with Crippen LogP contribution in [0.1, 0.15) is 6.92 Å². The highest BCUT2D eigenvalue weighted by atomic mass is 35.9. The van der Waals surface area contributed by atoms with Crippen LogP contribution in [0.5, 0.6) is 0 Å². The molecule has 0 aliphatic rings. The molecular weight excluding hydrogens is 219 g/mol. The van der Waals surface area contributed by atoms with Crippen LogP contribution in [0.15, 0.2) is 4.76 Å². The van der Waals surface area contributed by atoms with Crippen LogP contribution >= 0.6 is 40.1 Å². The zero-order valence-corrected chi connectivity index (χ0v) is 8.21. The second-order valence-electron chi connectivity index (χ2n) is 1.22. The van der Waals surface area contributed by atoms with Gasteiger partial charge in [-0.05, 0) is 41.0 Å². The number of rotatable bonds is 2. The average molecular weight is 224 g/mol. The summed E-state index contributed by atoms with van der Waals surface area (Å²) in [5.74, 6) is -3.48. The fraction of sp³-hybridized carbons (Fsp3) is 0.667. The Hall–Kier alpha value is 0.570. The highest BCUT2D eigenvalue weighted by Crippen LogP contribution is 2.58. The lowest BCUT2D eigenvalue weighted by Crippen LogP contribution is -1.93. The molecule has 0 heterocycles. The summed E-state index contributed by atoms with van der Waals surface area (Å²) >= 11 is 15.3. The largest absolute Gasteiger partial charge is 0.469 e. The first-order valence-corrected chi connectivity index (χ1v) is 6.18. The van der Waals surface area contributed by atoms with E-state index in [0.29, 0.717) is 6.61 Å². The first-order valence-electron chi connectivity index (χ1n) is 2.33. The standard InChI is InChI=1S/C3H5Cl3NO2P/c1-2-9-3(4)7-10(5,6)8/h2H2,1H3/b7-3-. The molecule has 0 saturated carbocycles. The van der Waals surface area contributed by atoms with Gasteiger partial charge in [0.05, 0.1) is 6.61 Å². The van der Waals surface area contributed by atoms with Crippen molar-refractivity contribution in [1.82, 2.24) is 0 Å². The summed E-state index contributed by atoms with van der Waals surface area (Å²) in [6.07, 6.45) is 0. The molecule has 0 spiro atoms. The van der Waals surface area contributed by atoms with Gasteiger partial charge in [0.25, 0.3) is 5.36 Å². The van der Waals surface area contributed by atoms with Gasteiger partial charge >= 0.3 is 6.00 Å². The van der Waals surface area contributed by atoms with Gasteiger partial charge < -0.3 is 4.74 Å². The lowest BCUT2D eigenvalue weighted by Gasteiger charge is -1.97. The van der Waals surface area contributed by atoms with Gasteiger partial charge in [-0.15, -0.1) is 0 Å². The molecule has 0 aliphatic heterocycles. The molecule has 0 fully saturated rings. The van der Waals surface area contributed by atoms with Crippen molar-refractivity contribution in [2.45, 2.75) is 6.92 Å². The number of hydrogen-bond donors (Lipinski definition) is 0. The van der Waals surface area contributed by atoms with Crippen LogP contribution < -0.4 is 0 Å². The van der Waals surface area contributed by atoms with Gasteiger partial charge in [-0.3, -0.25) is 4.57 Å². The van der Waals surface area contributed by atoms with Crippen LogP contribution in [0.2, 0.25) is 0 Å². The zero-order valence-electron chi connectivity index (χ0n) is 5.05. The van der Waals surface area contributed by atoms with E-state index in [2.05, 4.69) is 9.50 Å².